The van der Waals surface area contributed by atoms with Crippen LogP contribution in [0.3, 0.4) is 0 Å². The van der Waals surface area contributed by atoms with Gasteiger partial charge in [0.25, 0.3) is 0 Å². The first kappa shape index (κ1) is 68.3. The third-order valence-electron chi connectivity index (χ3n) is 11.8. The van der Waals surface area contributed by atoms with Crippen molar-refractivity contribution in [3.05, 3.63) is 146 Å². The Labute approximate surface area is 448 Å². The zero-order valence-corrected chi connectivity index (χ0v) is 46.8. The number of carbonyl (C=O) groups is 3. The van der Waals surface area contributed by atoms with Gasteiger partial charge in [0, 0.05) is 19.3 Å². The summed E-state index contributed by atoms with van der Waals surface area (Å²) in [5.74, 6) is -0.960. The molecule has 0 radical (unpaired) electrons. The van der Waals surface area contributed by atoms with Gasteiger partial charge in [0.2, 0.25) is 0 Å². The second-order valence-electron chi connectivity index (χ2n) is 18.8. The van der Waals surface area contributed by atoms with E-state index in [0.29, 0.717) is 19.3 Å². The van der Waals surface area contributed by atoms with Gasteiger partial charge in [-0.25, -0.2) is 0 Å². The van der Waals surface area contributed by atoms with Crippen molar-refractivity contribution in [2.45, 2.75) is 245 Å². The van der Waals surface area contributed by atoms with Crippen LogP contribution in [0.1, 0.15) is 239 Å². The number of rotatable bonds is 51. The Kier molecular flexibility index (Phi) is 56.0. The van der Waals surface area contributed by atoms with Gasteiger partial charge in [-0.1, -0.05) is 244 Å². The fourth-order valence-electron chi connectivity index (χ4n) is 7.51. The number of allylic oxidation sites excluding steroid dienone is 24. The summed E-state index contributed by atoms with van der Waals surface area (Å²) in [6, 6.07) is 0. The molecule has 1 atom stereocenters. The molecule has 0 heterocycles. The van der Waals surface area contributed by atoms with E-state index >= 15 is 0 Å². The molecule has 0 aromatic heterocycles. The summed E-state index contributed by atoms with van der Waals surface area (Å²) >= 11 is 0. The van der Waals surface area contributed by atoms with Gasteiger partial charge in [-0.2, -0.15) is 0 Å². The van der Waals surface area contributed by atoms with Crippen LogP contribution in [0.5, 0.6) is 0 Å². The SMILES string of the molecule is CC/C=C\C/C=C\C/C=C\C/C=C\C/C=C\C/C=C\C/C=C\C/C=C\C/C=C\CCCCCC(=O)OCC(COC(=O)CCCCCCCCCCC)OC(=O)CCCCCCC/C=C\C/C=C\C/C=C\CC. The quantitative estimate of drug-likeness (QED) is 0.0261. The number of hydrogen-bond acceptors (Lipinski definition) is 6. The van der Waals surface area contributed by atoms with Gasteiger partial charge < -0.3 is 14.2 Å². The number of hydrogen-bond donors (Lipinski definition) is 0. The third-order valence-corrected chi connectivity index (χ3v) is 11.8. The van der Waals surface area contributed by atoms with Gasteiger partial charge in [0.05, 0.1) is 0 Å². The molecule has 6 heteroatoms. The lowest BCUT2D eigenvalue weighted by molar-refractivity contribution is -0.167. The predicted octanol–water partition coefficient (Wildman–Crippen LogP) is 20.0. The monoisotopic (exact) mass is 1010 g/mol. The van der Waals surface area contributed by atoms with E-state index in [4.69, 9.17) is 14.2 Å². The van der Waals surface area contributed by atoms with Crippen LogP contribution in [-0.4, -0.2) is 37.2 Å². The summed E-state index contributed by atoms with van der Waals surface area (Å²) in [4.78, 5) is 38.0. The highest BCUT2D eigenvalue weighted by Gasteiger charge is 2.19. The minimum atomic E-state index is -0.804. The Balaban J connectivity index is 4.33. The highest BCUT2D eigenvalue weighted by Crippen LogP contribution is 2.13. The van der Waals surface area contributed by atoms with E-state index < -0.39 is 6.10 Å². The average Bonchev–Trinajstić information content (AvgIpc) is 3.39. The molecule has 0 saturated heterocycles. The molecule has 0 N–H and O–H groups in total. The van der Waals surface area contributed by atoms with Crippen LogP contribution in [0.4, 0.5) is 0 Å². The Morgan fingerprint density at radius 1 is 0.288 bits per heavy atom. The van der Waals surface area contributed by atoms with Crippen molar-refractivity contribution >= 4 is 17.9 Å². The van der Waals surface area contributed by atoms with Gasteiger partial charge in [0.15, 0.2) is 6.10 Å². The Hall–Kier alpha value is -4.71. The normalized spacial score (nSPS) is 13.2. The largest absolute Gasteiger partial charge is 0.462 e. The molecule has 1 unspecified atom stereocenters. The summed E-state index contributed by atoms with van der Waals surface area (Å²) in [5, 5.41) is 0. The molecule has 0 aliphatic heterocycles. The lowest BCUT2D eigenvalue weighted by Gasteiger charge is -2.18. The highest BCUT2D eigenvalue weighted by atomic mass is 16.6. The maximum absolute atomic E-state index is 12.8. The molecule has 0 rings (SSSR count). The van der Waals surface area contributed by atoms with E-state index in [1.165, 1.54) is 38.5 Å². The molecule has 0 aromatic carbocycles. The van der Waals surface area contributed by atoms with Crippen LogP contribution in [0.15, 0.2) is 146 Å². The zero-order valence-electron chi connectivity index (χ0n) is 46.8. The highest BCUT2D eigenvalue weighted by molar-refractivity contribution is 5.71. The summed E-state index contributed by atoms with van der Waals surface area (Å²) in [7, 11) is 0. The topological polar surface area (TPSA) is 78.9 Å². The van der Waals surface area contributed by atoms with Crippen molar-refractivity contribution < 1.29 is 28.6 Å². The van der Waals surface area contributed by atoms with Gasteiger partial charge in [-0.15, -0.1) is 0 Å². The lowest BCUT2D eigenvalue weighted by atomic mass is 10.1. The molecule has 73 heavy (non-hydrogen) atoms. The van der Waals surface area contributed by atoms with Crippen LogP contribution in [0, 0.1) is 0 Å². The van der Waals surface area contributed by atoms with E-state index in [-0.39, 0.29) is 31.1 Å². The van der Waals surface area contributed by atoms with Crippen LogP contribution in [-0.2, 0) is 28.6 Å². The van der Waals surface area contributed by atoms with E-state index in [1.807, 2.05) is 0 Å². The standard InChI is InChI=1S/C67H106O6/c1-4-7-10-13-16-19-21-23-25-26-27-28-29-30-31-32-33-34-35-36-37-38-39-40-42-43-45-48-51-54-57-60-66(69)72-63-64(62-71-65(68)59-56-53-50-47-18-15-12-9-6-3)73-67(70)61-58-55-52-49-46-44-41-24-22-20-17-14-11-8-5-2/h7-8,10-11,16-17,19-20,23-25,27-28,30-31,33-34,36-37,39-41,43,45,64H,4-6,9,12-15,18,21-22,26,29,32,35,38,42,44,46-63H2,1-3H3/b10-7-,11-8-,19-16-,20-17-,25-23-,28-27-,31-30-,34-33-,37-36-,40-39-,41-24-,45-43-. The zero-order chi connectivity index (χ0) is 52.9. The average molecular weight is 1010 g/mol. The summed E-state index contributed by atoms with van der Waals surface area (Å²) in [5.41, 5.74) is 0. The van der Waals surface area contributed by atoms with Crippen molar-refractivity contribution in [2.24, 2.45) is 0 Å². The van der Waals surface area contributed by atoms with Crippen LogP contribution in [0.2, 0.25) is 0 Å². The molecular formula is C67H106O6. The van der Waals surface area contributed by atoms with Crippen LogP contribution in [0.25, 0.3) is 0 Å². The number of esters is 3. The fourth-order valence-corrected chi connectivity index (χ4v) is 7.51. The first-order valence-corrected chi connectivity index (χ1v) is 29.3. The smallest absolute Gasteiger partial charge is 0.306 e. The lowest BCUT2D eigenvalue weighted by Crippen LogP contribution is -2.30. The number of unbranched alkanes of at least 4 members (excludes halogenated alkanes) is 16. The van der Waals surface area contributed by atoms with Crippen LogP contribution < -0.4 is 0 Å². The summed E-state index contributed by atoms with van der Waals surface area (Å²) in [6.45, 7) is 6.33. The third kappa shape index (κ3) is 58.1. The second kappa shape index (κ2) is 59.8. The molecular weight excluding hydrogens is 901 g/mol. The van der Waals surface area contributed by atoms with E-state index in [2.05, 4.69) is 167 Å². The molecule has 0 aliphatic rings. The van der Waals surface area contributed by atoms with Crippen molar-refractivity contribution in [3.63, 3.8) is 0 Å². The molecule has 0 spiro atoms. The second-order valence-corrected chi connectivity index (χ2v) is 18.8. The van der Waals surface area contributed by atoms with Gasteiger partial charge in [-0.05, 0) is 122 Å². The predicted molar refractivity (Wildman–Crippen MR) is 315 cm³/mol. The van der Waals surface area contributed by atoms with Crippen molar-refractivity contribution in [2.75, 3.05) is 13.2 Å². The molecule has 0 aromatic rings. The van der Waals surface area contributed by atoms with E-state index in [9.17, 15) is 14.4 Å². The molecule has 6 nitrogen and oxygen atoms in total. The van der Waals surface area contributed by atoms with Crippen molar-refractivity contribution in [1.82, 2.24) is 0 Å². The molecule has 410 valence electrons. The maximum atomic E-state index is 12.8. The van der Waals surface area contributed by atoms with Gasteiger partial charge in [-0.3, -0.25) is 14.4 Å². The Morgan fingerprint density at radius 2 is 0.534 bits per heavy atom. The number of carbonyl (C=O) groups excluding carboxylic acids is 3. The molecule has 0 saturated carbocycles. The summed E-state index contributed by atoms with van der Waals surface area (Å²) < 4.78 is 16.8. The van der Waals surface area contributed by atoms with Crippen molar-refractivity contribution in [3.8, 4) is 0 Å². The van der Waals surface area contributed by atoms with Gasteiger partial charge >= 0.3 is 17.9 Å². The first-order valence-electron chi connectivity index (χ1n) is 29.3. The first-order chi connectivity index (χ1) is 36.0. The molecule has 0 bridgehead atoms. The van der Waals surface area contributed by atoms with Crippen molar-refractivity contribution in [1.29, 1.82) is 0 Å². The Bertz CT molecular complexity index is 1630. The molecule has 0 aliphatic carbocycles. The fraction of sp³-hybridized carbons (Fsp3) is 0.597. The maximum Gasteiger partial charge on any atom is 0.306 e. The van der Waals surface area contributed by atoms with Crippen LogP contribution >= 0.6 is 0 Å². The number of ether oxygens (including phenoxy) is 3. The minimum absolute atomic E-state index is 0.0994. The van der Waals surface area contributed by atoms with E-state index in [1.54, 1.807) is 0 Å². The minimum Gasteiger partial charge on any atom is -0.462 e. The summed E-state index contributed by atoms with van der Waals surface area (Å²) in [6.07, 6.45) is 85.7. The Morgan fingerprint density at radius 3 is 0.849 bits per heavy atom. The molecule has 0 amide bonds. The van der Waals surface area contributed by atoms with E-state index in [0.717, 1.165) is 161 Å². The molecule has 0 fully saturated rings. The van der Waals surface area contributed by atoms with Gasteiger partial charge in [0.1, 0.15) is 13.2 Å².